The molecule has 0 bridgehead atoms. The molecule has 0 spiro atoms. The van der Waals surface area contributed by atoms with Gasteiger partial charge in [-0.3, -0.25) is 4.79 Å². The van der Waals surface area contributed by atoms with Gasteiger partial charge in [0, 0.05) is 23.8 Å². The van der Waals surface area contributed by atoms with E-state index in [4.69, 9.17) is 0 Å². The Morgan fingerprint density at radius 3 is 2.62 bits per heavy atom. The standard InChI is InChI=1S/C17H26N2OS/c1-4-19-9-7-15(8-10-19)18-17(20)12-21-16-6-5-13(2)14(3)11-16/h5-6,11,15H,4,7-10,12H2,1-3H3,(H,18,20)/p+1. The highest BCUT2D eigenvalue weighted by Gasteiger charge is 2.22. The first-order valence-electron chi connectivity index (χ1n) is 7.91. The second-order valence-corrected chi connectivity index (χ2v) is 7.03. The summed E-state index contributed by atoms with van der Waals surface area (Å²) in [6, 6.07) is 6.77. The predicted octanol–water partition coefficient (Wildman–Crippen LogP) is 1.58. The topological polar surface area (TPSA) is 33.5 Å². The van der Waals surface area contributed by atoms with Crippen LogP contribution in [0.2, 0.25) is 0 Å². The number of rotatable bonds is 5. The minimum atomic E-state index is 0.170. The zero-order valence-corrected chi connectivity index (χ0v) is 14.2. The lowest BCUT2D eigenvalue weighted by Gasteiger charge is -2.28. The Balaban J connectivity index is 1.73. The van der Waals surface area contributed by atoms with E-state index in [0.717, 1.165) is 12.8 Å². The molecule has 0 aliphatic carbocycles. The fraction of sp³-hybridized carbons (Fsp3) is 0.588. The molecular formula is C17H27N2OS+. The third kappa shape index (κ3) is 5.04. The maximum absolute atomic E-state index is 12.0. The number of aryl methyl sites for hydroxylation is 2. The zero-order chi connectivity index (χ0) is 15.2. The lowest BCUT2D eigenvalue weighted by Crippen LogP contribution is -3.13. The Kier molecular flexibility index (Phi) is 6.12. The lowest BCUT2D eigenvalue weighted by molar-refractivity contribution is -0.903. The van der Waals surface area contributed by atoms with Crippen molar-refractivity contribution in [2.45, 2.75) is 44.6 Å². The maximum atomic E-state index is 12.0. The van der Waals surface area contributed by atoms with Crippen LogP contribution in [0.3, 0.4) is 0 Å². The van der Waals surface area contributed by atoms with Gasteiger partial charge in [0.1, 0.15) is 0 Å². The second-order valence-electron chi connectivity index (χ2n) is 5.98. The summed E-state index contributed by atoms with van der Waals surface area (Å²) < 4.78 is 0. The van der Waals surface area contributed by atoms with E-state index in [-0.39, 0.29) is 5.91 Å². The first-order chi connectivity index (χ1) is 10.1. The number of nitrogens with one attached hydrogen (secondary N) is 2. The van der Waals surface area contributed by atoms with Crippen molar-refractivity contribution in [2.75, 3.05) is 25.4 Å². The van der Waals surface area contributed by atoms with Gasteiger partial charge >= 0.3 is 0 Å². The van der Waals surface area contributed by atoms with Crippen LogP contribution < -0.4 is 10.2 Å². The van der Waals surface area contributed by atoms with E-state index < -0.39 is 0 Å². The highest BCUT2D eigenvalue weighted by Crippen LogP contribution is 2.20. The van der Waals surface area contributed by atoms with Gasteiger partial charge in [-0.2, -0.15) is 0 Å². The lowest BCUT2D eigenvalue weighted by atomic mass is 10.1. The minimum Gasteiger partial charge on any atom is -0.352 e. The quantitative estimate of drug-likeness (QED) is 0.810. The summed E-state index contributed by atoms with van der Waals surface area (Å²) in [5.74, 6) is 0.687. The summed E-state index contributed by atoms with van der Waals surface area (Å²) in [4.78, 5) is 14.9. The van der Waals surface area contributed by atoms with E-state index in [9.17, 15) is 4.79 Å². The van der Waals surface area contributed by atoms with Crippen LogP contribution in [0.25, 0.3) is 0 Å². The molecule has 1 aromatic rings. The molecule has 2 N–H and O–H groups in total. The molecule has 1 aliphatic rings. The number of thioether (sulfide) groups is 1. The molecule has 3 nitrogen and oxygen atoms in total. The Hall–Kier alpha value is -1.00. The first-order valence-corrected chi connectivity index (χ1v) is 8.90. The number of quaternary nitrogens is 1. The fourth-order valence-electron chi connectivity index (χ4n) is 2.75. The molecule has 1 heterocycles. The number of hydrogen-bond acceptors (Lipinski definition) is 2. The summed E-state index contributed by atoms with van der Waals surface area (Å²) in [7, 11) is 0. The molecule has 0 atom stereocenters. The van der Waals surface area contributed by atoms with Crippen LogP contribution >= 0.6 is 11.8 Å². The predicted molar refractivity (Wildman–Crippen MR) is 89.0 cm³/mol. The summed E-state index contributed by atoms with van der Waals surface area (Å²) in [5, 5.41) is 3.19. The van der Waals surface area contributed by atoms with Crippen molar-refractivity contribution in [3.63, 3.8) is 0 Å². The van der Waals surface area contributed by atoms with E-state index in [0.29, 0.717) is 11.8 Å². The number of benzene rings is 1. The molecule has 1 aromatic carbocycles. The molecule has 116 valence electrons. The van der Waals surface area contributed by atoms with Gasteiger partial charge < -0.3 is 10.2 Å². The van der Waals surface area contributed by atoms with Crippen LogP contribution in [0.4, 0.5) is 0 Å². The number of likely N-dealkylation sites (tertiary alicyclic amines) is 1. The monoisotopic (exact) mass is 307 g/mol. The van der Waals surface area contributed by atoms with Gasteiger partial charge in [-0.25, -0.2) is 0 Å². The van der Waals surface area contributed by atoms with Crippen molar-refractivity contribution < 1.29 is 9.69 Å². The number of carbonyl (C=O) groups is 1. The summed E-state index contributed by atoms with van der Waals surface area (Å²) in [6.45, 7) is 10.0. The number of hydrogen-bond donors (Lipinski definition) is 2. The largest absolute Gasteiger partial charge is 0.352 e. The van der Waals surface area contributed by atoms with Crippen LogP contribution in [0.5, 0.6) is 0 Å². The Labute approximate surface area is 132 Å². The van der Waals surface area contributed by atoms with Crippen LogP contribution in [0.15, 0.2) is 23.1 Å². The van der Waals surface area contributed by atoms with Crippen molar-refractivity contribution >= 4 is 17.7 Å². The van der Waals surface area contributed by atoms with Crippen molar-refractivity contribution in [3.8, 4) is 0 Å². The SMILES string of the molecule is CC[NH+]1CCC(NC(=O)CSc2ccc(C)c(C)c2)CC1. The van der Waals surface area contributed by atoms with Crippen molar-refractivity contribution in [3.05, 3.63) is 29.3 Å². The second kappa shape index (κ2) is 7.85. The van der Waals surface area contributed by atoms with Gasteiger partial charge in [-0.05, 0) is 44.0 Å². The summed E-state index contributed by atoms with van der Waals surface area (Å²) in [5.41, 5.74) is 2.59. The van der Waals surface area contributed by atoms with E-state index in [1.54, 1.807) is 16.7 Å². The van der Waals surface area contributed by atoms with Crippen LogP contribution in [-0.2, 0) is 4.79 Å². The number of piperidine rings is 1. The Morgan fingerprint density at radius 2 is 2.00 bits per heavy atom. The highest BCUT2D eigenvalue weighted by atomic mass is 32.2. The molecule has 0 saturated carbocycles. The third-order valence-electron chi connectivity index (χ3n) is 4.41. The average molecular weight is 307 g/mol. The van der Waals surface area contributed by atoms with Gasteiger partial charge in [0.25, 0.3) is 0 Å². The fourth-order valence-corrected chi connectivity index (χ4v) is 3.55. The molecular weight excluding hydrogens is 280 g/mol. The molecule has 1 aliphatic heterocycles. The van der Waals surface area contributed by atoms with Crippen molar-refractivity contribution in [1.29, 1.82) is 0 Å². The normalized spacial score (nSPS) is 22.0. The van der Waals surface area contributed by atoms with Gasteiger partial charge in [-0.1, -0.05) is 6.07 Å². The molecule has 2 rings (SSSR count). The van der Waals surface area contributed by atoms with Crippen LogP contribution in [0, 0.1) is 13.8 Å². The smallest absolute Gasteiger partial charge is 0.230 e. The molecule has 0 unspecified atom stereocenters. The Bertz CT molecular complexity index is 482. The molecule has 21 heavy (non-hydrogen) atoms. The van der Waals surface area contributed by atoms with Gasteiger partial charge in [0.05, 0.1) is 25.4 Å². The van der Waals surface area contributed by atoms with Gasteiger partial charge in [0.15, 0.2) is 0 Å². The van der Waals surface area contributed by atoms with Crippen LogP contribution in [-0.4, -0.2) is 37.3 Å². The molecule has 1 amide bonds. The third-order valence-corrected chi connectivity index (χ3v) is 5.40. The van der Waals surface area contributed by atoms with E-state index in [1.807, 2.05) is 0 Å². The maximum Gasteiger partial charge on any atom is 0.230 e. The average Bonchev–Trinajstić information content (AvgIpc) is 2.49. The van der Waals surface area contributed by atoms with E-state index >= 15 is 0 Å². The molecule has 0 aromatic heterocycles. The van der Waals surface area contributed by atoms with Gasteiger partial charge in [0.2, 0.25) is 5.91 Å². The van der Waals surface area contributed by atoms with Crippen LogP contribution in [0.1, 0.15) is 30.9 Å². The van der Waals surface area contributed by atoms with E-state index in [1.165, 1.54) is 35.7 Å². The molecule has 4 heteroatoms. The highest BCUT2D eigenvalue weighted by molar-refractivity contribution is 8.00. The first kappa shape index (κ1) is 16.4. The summed E-state index contributed by atoms with van der Waals surface area (Å²) >= 11 is 1.63. The molecule has 1 saturated heterocycles. The zero-order valence-electron chi connectivity index (χ0n) is 13.4. The number of amides is 1. The molecule has 0 radical (unpaired) electrons. The Morgan fingerprint density at radius 1 is 1.29 bits per heavy atom. The van der Waals surface area contributed by atoms with E-state index in [2.05, 4.69) is 44.3 Å². The van der Waals surface area contributed by atoms with Crippen molar-refractivity contribution in [1.82, 2.24) is 5.32 Å². The molecule has 1 fully saturated rings. The van der Waals surface area contributed by atoms with Crippen molar-refractivity contribution in [2.24, 2.45) is 0 Å². The number of carbonyl (C=O) groups excluding carboxylic acids is 1. The van der Waals surface area contributed by atoms with Gasteiger partial charge in [-0.15, -0.1) is 11.8 Å². The minimum absolute atomic E-state index is 0.170. The summed E-state index contributed by atoms with van der Waals surface area (Å²) in [6.07, 6.45) is 2.23.